The minimum atomic E-state index is 0.740. The minimum Gasteiger partial charge on any atom is -0.311 e. The Kier molecular flexibility index (Phi) is 6.31. The summed E-state index contributed by atoms with van der Waals surface area (Å²) in [5, 5.41) is 3.74. The fraction of sp³-hybridized carbons (Fsp3) is 1.00. The van der Waals surface area contributed by atoms with Gasteiger partial charge in [0.15, 0.2) is 0 Å². The summed E-state index contributed by atoms with van der Waals surface area (Å²) >= 11 is 0. The van der Waals surface area contributed by atoms with Crippen molar-refractivity contribution in [3.8, 4) is 0 Å². The number of nitrogens with one attached hydrogen (secondary N) is 1. The Morgan fingerprint density at radius 3 is 2.40 bits per heavy atom. The van der Waals surface area contributed by atoms with Crippen LogP contribution in [-0.4, -0.2) is 12.1 Å². The molecule has 0 heterocycles. The van der Waals surface area contributed by atoms with Gasteiger partial charge in [-0.1, -0.05) is 46.0 Å². The highest BCUT2D eigenvalue weighted by Crippen LogP contribution is 2.26. The van der Waals surface area contributed by atoms with E-state index < -0.39 is 0 Å². The molecule has 1 heteroatoms. The van der Waals surface area contributed by atoms with Crippen molar-refractivity contribution in [3.05, 3.63) is 0 Å². The summed E-state index contributed by atoms with van der Waals surface area (Å²) in [7, 11) is 0. The fourth-order valence-electron chi connectivity index (χ4n) is 2.58. The second-order valence-corrected chi connectivity index (χ2v) is 5.54. The molecular formula is C14H29N. The van der Waals surface area contributed by atoms with Crippen molar-refractivity contribution < 1.29 is 0 Å². The van der Waals surface area contributed by atoms with E-state index in [1.165, 1.54) is 51.4 Å². The van der Waals surface area contributed by atoms with Gasteiger partial charge in [-0.25, -0.2) is 0 Å². The molecule has 1 aliphatic rings. The van der Waals surface area contributed by atoms with Crippen LogP contribution in [0.4, 0.5) is 0 Å². The topological polar surface area (TPSA) is 12.0 Å². The summed E-state index contributed by atoms with van der Waals surface area (Å²) in [5.74, 6) is 0.972. The van der Waals surface area contributed by atoms with Crippen molar-refractivity contribution >= 4 is 0 Å². The average Bonchev–Trinajstić information content (AvgIpc) is 2.15. The van der Waals surface area contributed by atoms with Crippen molar-refractivity contribution in [2.75, 3.05) is 0 Å². The van der Waals surface area contributed by atoms with Gasteiger partial charge in [0, 0.05) is 12.1 Å². The Balaban J connectivity index is 1.87. The van der Waals surface area contributed by atoms with E-state index in [0.717, 1.165) is 18.0 Å². The van der Waals surface area contributed by atoms with Crippen LogP contribution < -0.4 is 5.32 Å². The summed E-state index contributed by atoms with van der Waals surface area (Å²) in [6.45, 7) is 6.98. The summed E-state index contributed by atoms with van der Waals surface area (Å²) in [6, 6.07) is 1.58. The molecule has 15 heavy (non-hydrogen) atoms. The van der Waals surface area contributed by atoms with Crippen LogP contribution in [0.1, 0.15) is 72.1 Å². The third kappa shape index (κ3) is 5.55. The molecule has 1 saturated carbocycles. The van der Waals surface area contributed by atoms with Crippen molar-refractivity contribution in [1.82, 2.24) is 5.32 Å². The maximum atomic E-state index is 3.74. The molecular weight excluding hydrogens is 182 g/mol. The van der Waals surface area contributed by atoms with Gasteiger partial charge in [0.1, 0.15) is 0 Å². The SMILES string of the molecule is CCCCCCCC(C)NC1CC(C)C1. The summed E-state index contributed by atoms with van der Waals surface area (Å²) in [4.78, 5) is 0. The van der Waals surface area contributed by atoms with Gasteiger partial charge < -0.3 is 5.32 Å². The Bertz CT molecular complexity index is 149. The van der Waals surface area contributed by atoms with E-state index in [4.69, 9.17) is 0 Å². The molecule has 0 saturated heterocycles. The van der Waals surface area contributed by atoms with E-state index in [0.29, 0.717) is 0 Å². The van der Waals surface area contributed by atoms with Crippen LogP contribution in [-0.2, 0) is 0 Å². The first-order valence-corrected chi connectivity index (χ1v) is 6.98. The van der Waals surface area contributed by atoms with Gasteiger partial charge in [-0.15, -0.1) is 0 Å². The van der Waals surface area contributed by atoms with Crippen molar-refractivity contribution in [2.24, 2.45) is 5.92 Å². The molecule has 90 valence electrons. The van der Waals surface area contributed by atoms with Crippen molar-refractivity contribution in [3.63, 3.8) is 0 Å². The second kappa shape index (κ2) is 7.27. The number of rotatable bonds is 8. The van der Waals surface area contributed by atoms with E-state index in [1.54, 1.807) is 0 Å². The molecule has 0 amide bonds. The quantitative estimate of drug-likeness (QED) is 0.595. The van der Waals surface area contributed by atoms with Crippen molar-refractivity contribution in [1.29, 1.82) is 0 Å². The van der Waals surface area contributed by atoms with E-state index >= 15 is 0 Å². The van der Waals surface area contributed by atoms with Crippen LogP contribution in [0.3, 0.4) is 0 Å². The predicted molar refractivity (Wildman–Crippen MR) is 68.2 cm³/mol. The summed E-state index contributed by atoms with van der Waals surface area (Å²) < 4.78 is 0. The Morgan fingerprint density at radius 1 is 1.13 bits per heavy atom. The highest BCUT2D eigenvalue weighted by atomic mass is 15.0. The van der Waals surface area contributed by atoms with E-state index in [1.807, 2.05) is 0 Å². The second-order valence-electron chi connectivity index (χ2n) is 5.54. The number of hydrogen-bond donors (Lipinski definition) is 1. The molecule has 0 spiro atoms. The molecule has 0 aromatic heterocycles. The van der Waals surface area contributed by atoms with Crippen LogP contribution in [0.5, 0.6) is 0 Å². The first-order valence-electron chi connectivity index (χ1n) is 6.98. The zero-order chi connectivity index (χ0) is 11.1. The van der Waals surface area contributed by atoms with Gasteiger partial charge in [-0.3, -0.25) is 0 Å². The van der Waals surface area contributed by atoms with Crippen LogP contribution >= 0.6 is 0 Å². The van der Waals surface area contributed by atoms with E-state index in [9.17, 15) is 0 Å². The Labute approximate surface area is 96.0 Å². The first-order chi connectivity index (χ1) is 7.22. The lowest BCUT2D eigenvalue weighted by Gasteiger charge is -2.35. The van der Waals surface area contributed by atoms with Gasteiger partial charge >= 0.3 is 0 Å². The molecule has 0 aromatic rings. The monoisotopic (exact) mass is 211 g/mol. The van der Waals surface area contributed by atoms with Gasteiger partial charge in [0.2, 0.25) is 0 Å². The van der Waals surface area contributed by atoms with Gasteiger partial charge in [-0.2, -0.15) is 0 Å². The highest BCUT2D eigenvalue weighted by Gasteiger charge is 2.25. The van der Waals surface area contributed by atoms with Crippen LogP contribution in [0.25, 0.3) is 0 Å². The lowest BCUT2D eigenvalue weighted by molar-refractivity contribution is 0.221. The average molecular weight is 211 g/mol. The zero-order valence-electron chi connectivity index (χ0n) is 10.9. The predicted octanol–water partition coefficient (Wildman–Crippen LogP) is 4.12. The van der Waals surface area contributed by atoms with Crippen molar-refractivity contribution in [2.45, 2.75) is 84.2 Å². The molecule has 1 atom stereocenters. The van der Waals surface area contributed by atoms with E-state index in [-0.39, 0.29) is 0 Å². The molecule has 1 rings (SSSR count). The molecule has 0 bridgehead atoms. The van der Waals surface area contributed by atoms with E-state index in [2.05, 4.69) is 26.1 Å². The molecule has 1 aliphatic carbocycles. The maximum absolute atomic E-state index is 3.74. The number of unbranched alkanes of at least 4 members (excludes halogenated alkanes) is 4. The van der Waals surface area contributed by atoms with Crippen LogP contribution in [0.15, 0.2) is 0 Å². The number of hydrogen-bond acceptors (Lipinski definition) is 1. The molecule has 1 unspecified atom stereocenters. The molecule has 0 aliphatic heterocycles. The first kappa shape index (κ1) is 13.0. The third-order valence-corrected chi connectivity index (χ3v) is 3.63. The normalized spacial score (nSPS) is 27.4. The van der Waals surface area contributed by atoms with Gasteiger partial charge in [-0.05, 0) is 32.1 Å². The fourth-order valence-corrected chi connectivity index (χ4v) is 2.58. The standard InChI is InChI=1S/C14H29N/c1-4-5-6-7-8-9-13(3)15-14-10-12(2)11-14/h12-15H,4-11H2,1-3H3. The Morgan fingerprint density at radius 2 is 1.80 bits per heavy atom. The smallest absolute Gasteiger partial charge is 0.00746 e. The third-order valence-electron chi connectivity index (χ3n) is 3.63. The molecule has 0 aromatic carbocycles. The highest BCUT2D eigenvalue weighted by molar-refractivity contribution is 4.84. The van der Waals surface area contributed by atoms with Crippen LogP contribution in [0.2, 0.25) is 0 Å². The van der Waals surface area contributed by atoms with Gasteiger partial charge in [0.25, 0.3) is 0 Å². The summed E-state index contributed by atoms with van der Waals surface area (Å²) in [6.07, 6.45) is 11.2. The molecule has 1 N–H and O–H groups in total. The lowest BCUT2D eigenvalue weighted by Crippen LogP contribution is -2.44. The van der Waals surface area contributed by atoms with Crippen LogP contribution in [0, 0.1) is 5.92 Å². The molecule has 1 fully saturated rings. The zero-order valence-corrected chi connectivity index (χ0v) is 10.9. The Hall–Kier alpha value is -0.0400. The van der Waals surface area contributed by atoms with Gasteiger partial charge in [0.05, 0.1) is 0 Å². The molecule has 1 nitrogen and oxygen atoms in total. The largest absolute Gasteiger partial charge is 0.311 e. The lowest BCUT2D eigenvalue weighted by atomic mass is 9.81. The summed E-state index contributed by atoms with van der Waals surface area (Å²) in [5.41, 5.74) is 0. The molecule has 0 radical (unpaired) electrons. The maximum Gasteiger partial charge on any atom is 0.00746 e. The minimum absolute atomic E-state index is 0.740.